The summed E-state index contributed by atoms with van der Waals surface area (Å²) in [5.74, 6) is -3.15. The fraction of sp³-hybridized carbons (Fsp3) is 0.583. The predicted molar refractivity (Wildman–Crippen MR) is 73.7 cm³/mol. The fourth-order valence-corrected chi connectivity index (χ4v) is 2.61. The highest BCUT2D eigenvalue weighted by Crippen LogP contribution is 2.47. The molecule has 2 aromatic rings. The Labute approximate surface area is 127 Å². The van der Waals surface area contributed by atoms with Gasteiger partial charge in [-0.05, 0) is 6.92 Å². The summed E-state index contributed by atoms with van der Waals surface area (Å²) in [6.07, 6.45) is -2.90. The van der Waals surface area contributed by atoms with Crippen LogP contribution < -0.4 is 11.3 Å². The first-order valence-corrected chi connectivity index (χ1v) is 6.67. The highest BCUT2D eigenvalue weighted by atomic mass is 19.2. The third-order valence-electron chi connectivity index (χ3n) is 4.04. The van der Waals surface area contributed by atoms with Crippen molar-refractivity contribution in [2.75, 3.05) is 12.3 Å². The van der Waals surface area contributed by atoms with E-state index < -0.39 is 36.0 Å². The van der Waals surface area contributed by atoms with Crippen LogP contribution in [-0.2, 0) is 11.8 Å². The predicted octanol–water partition coefficient (Wildman–Crippen LogP) is -1.01. The van der Waals surface area contributed by atoms with Crippen LogP contribution in [0.4, 0.5) is 14.7 Å². The number of hydrogen-bond donors (Lipinski definition) is 3. The molecule has 0 aromatic carbocycles. The van der Waals surface area contributed by atoms with Crippen molar-refractivity contribution in [1.29, 1.82) is 0 Å². The number of rotatable bonds is 2. The van der Waals surface area contributed by atoms with E-state index in [1.807, 2.05) is 0 Å². The Balaban J connectivity index is 2.20. The van der Waals surface area contributed by atoms with Gasteiger partial charge < -0.3 is 20.7 Å². The molecule has 0 amide bonds. The zero-order valence-corrected chi connectivity index (χ0v) is 12.3. The second-order valence-electron chi connectivity index (χ2n) is 5.63. The number of aliphatic hydroxyl groups excluding tert-OH is 2. The van der Waals surface area contributed by atoms with Gasteiger partial charge in [-0.1, -0.05) is 0 Å². The van der Waals surface area contributed by atoms with Gasteiger partial charge in [-0.15, -0.1) is 0 Å². The van der Waals surface area contributed by atoms with Gasteiger partial charge in [0.15, 0.2) is 29.2 Å². The summed E-state index contributed by atoms with van der Waals surface area (Å²) in [5.41, 5.74) is 2.19. The molecule has 0 aliphatic carbocycles. The fourth-order valence-electron chi connectivity index (χ4n) is 2.61. The number of hydrogen-bond acceptors (Lipinski definition) is 7. The van der Waals surface area contributed by atoms with E-state index in [4.69, 9.17) is 15.6 Å². The van der Waals surface area contributed by atoms with Gasteiger partial charge in [-0.25, -0.2) is 13.8 Å². The monoisotopic (exact) mass is 331 g/mol. The molecule has 11 heteroatoms. The summed E-state index contributed by atoms with van der Waals surface area (Å²) in [7, 11) is 1.39. The molecule has 3 rings (SSSR count). The standard InChI is InChI=1S/C12H15F2N5O4/c1-11(13)8(22)12(14,3-20)23-9(11)19-4-16-5-6(19)17-10(15)18(2)7(5)21/h4,8-9,20,22H,3H2,1-2H3,(H2,15,17)/t8-,9+,11+,12+/m0/s1. The van der Waals surface area contributed by atoms with Crippen molar-refractivity contribution in [1.82, 2.24) is 19.1 Å². The highest BCUT2D eigenvalue weighted by Gasteiger charge is 2.64. The molecule has 3 heterocycles. The number of nitrogen functional groups attached to an aromatic ring is 1. The maximum absolute atomic E-state index is 14.8. The molecule has 0 bridgehead atoms. The SMILES string of the molecule is Cn1c(N)nc2c(ncn2[C@@H]2O[C@](F)(CO)[C@@H](O)[C@@]2(C)F)c1=O. The van der Waals surface area contributed by atoms with E-state index in [1.54, 1.807) is 0 Å². The minimum atomic E-state index is -2.99. The minimum absolute atomic E-state index is 0.115. The first kappa shape index (κ1) is 15.8. The van der Waals surface area contributed by atoms with Crippen molar-refractivity contribution in [3.05, 3.63) is 16.7 Å². The van der Waals surface area contributed by atoms with E-state index in [9.17, 15) is 18.7 Å². The number of anilines is 1. The van der Waals surface area contributed by atoms with Gasteiger partial charge in [-0.3, -0.25) is 13.9 Å². The zero-order valence-electron chi connectivity index (χ0n) is 12.3. The van der Waals surface area contributed by atoms with Crippen LogP contribution in [0, 0.1) is 0 Å². The van der Waals surface area contributed by atoms with Crippen LogP contribution in [-0.4, -0.2) is 53.5 Å². The maximum Gasteiger partial charge on any atom is 0.282 e. The Bertz CT molecular complexity index is 835. The van der Waals surface area contributed by atoms with E-state index >= 15 is 0 Å². The van der Waals surface area contributed by atoms with Crippen molar-refractivity contribution < 1.29 is 23.7 Å². The lowest BCUT2D eigenvalue weighted by Gasteiger charge is -2.24. The second-order valence-corrected chi connectivity index (χ2v) is 5.63. The topological polar surface area (TPSA) is 128 Å². The Hall–Kier alpha value is -2.11. The van der Waals surface area contributed by atoms with Crippen LogP contribution in [0.1, 0.15) is 13.2 Å². The second kappa shape index (κ2) is 4.69. The number of alkyl halides is 2. The molecule has 9 nitrogen and oxygen atoms in total. The van der Waals surface area contributed by atoms with E-state index in [0.29, 0.717) is 0 Å². The number of aliphatic hydroxyl groups is 2. The van der Waals surface area contributed by atoms with Crippen molar-refractivity contribution in [2.24, 2.45) is 7.05 Å². The Morgan fingerprint density at radius 1 is 1.52 bits per heavy atom. The van der Waals surface area contributed by atoms with Gasteiger partial charge in [-0.2, -0.15) is 4.98 Å². The van der Waals surface area contributed by atoms with Crippen LogP contribution in [0.5, 0.6) is 0 Å². The number of imidazole rings is 1. The van der Waals surface area contributed by atoms with Crippen LogP contribution in [0.2, 0.25) is 0 Å². The summed E-state index contributed by atoms with van der Waals surface area (Å²) in [6, 6.07) is 0. The van der Waals surface area contributed by atoms with Crippen LogP contribution >= 0.6 is 0 Å². The van der Waals surface area contributed by atoms with E-state index in [2.05, 4.69) is 9.97 Å². The molecule has 23 heavy (non-hydrogen) atoms. The molecular formula is C12H15F2N5O4. The summed E-state index contributed by atoms with van der Waals surface area (Å²) >= 11 is 0. The molecule has 0 radical (unpaired) electrons. The van der Waals surface area contributed by atoms with Crippen molar-refractivity contribution >= 4 is 17.1 Å². The summed E-state index contributed by atoms with van der Waals surface area (Å²) in [5, 5.41) is 18.8. The third-order valence-corrected chi connectivity index (χ3v) is 4.04. The van der Waals surface area contributed by atoms with E-state index in [-0.39, 0.29) is 17.1 Å². The average Bonchev–Trinajstić information content (AvgIpc) is 2.99. The van der Waals surface area contributed by atoms with E-state index in [1.165, 1.54) is 7.05 Å². The van der Waals surface area contributed by atoms with Gasteiger partial charge in [0.1, 0.15) is 6.61 Å². The van der Waals surface area contributed by atoms with Crippen molar-refractivity contribution in [3.8, 4) is 0 Å². The molecule has 4 N–H and O–H groups in total. The van der Waals surface area contributed by atoms with Gasteiger partial charge in [0.05, 0.1) is 6.33 Å². The van der Waals surface area contributed by atoms with Gasteiger partial charge >= 0.3 is 0 Å². The smallest absolute Gasteiger partial charge is 0.282 e. The van der Waals surface area contributed by atoms with Crippen LogP contribution in [0.25, 0.3) is 11.2 Å². The largest absolute Gasteiger partial charge is 0.390 e. The maximum atomic E-state index is 14.8. The normalized spacial score (nSPS) is 34.3. The van der Waals surface area contributed by atoms with Gasteiger partial charge in [0, 0.05) is 7.05 Å². The molecule has 1 fully saturated rings. The first-order valence-electron chi connectivity index (χ1n) is 6.67. The lowest BCUT2D eigenvalue weighted by Crippen LogP contribution is -2.46. The lowest BCUT2D eigenvalue weighted by atomic mass is 9.97. The Morgan fingerprint density at radius 3 is 2.74 bits per heavy atom. The molecule has 1 saturated heterocycles. The summed E-state index contributed by atoms with van der Waals surface area (Å²) in [6.45, 7) is -0.330. The molecule has 0 spiro atoms. The Morgan fingerprint density at radius 2 is 2.17 bits per heavy atom. The lowest BCUT2D eigenvalue weighted by molar-refractivity contribution is -0.206. The first-order chi connectivity index (χ1) is 10.6. The molecule has 1 aliphatic rings. The van der Waals surface area contributed by atoms with Crippen molar-refractivity contribution in [2.45, 2.75) is 30.8 Å². The van der Waals surface area contributed by atoms with Gasteiger partial charge in [0.25, 0.3) is 11.4 Å². The zero-order chi connectivity index (χ0) is 17.2. The number of nitrogens with two attached hydrogens (primary N) is 1. The quantitative estimate of drug-likeness (QED) is 0.643. The third kappa shape index (κ3) is 1.97. The average molecular weight is 331 g/mol. The minimum Gasteiger partial charge on any atom is -0.390 e. The van der Waals surface area contributed by atoms with Crippen LogP contribution in [0.15, 0.2) is 11.1 Å². The number of ether oxygens (including phenoxy) is 1. The van der Waals surface area contributed by atoms with Gasteiger partial charge in [0.2, 0.25) is 5.95 Å². The number of halogens is 2. The number of aromatic nitrogens is 4. The number of nitrogens with zero attached hydrogens (tertiary/aromatic N) is 4. The van der Waals surface area contributed by atoms with E-state index in [0.717, 1.165) is 22.4 Å². The molecular weight excluding hydrogens is 316 g/mol. The molecule has 0 saturated carbocycles. The summed E-state index contributed by atoms with van der Waals surface area (Å²) in [4.78, 5) is 19.8. The molecule has 4 atom stereocenters. The molecule has 1 aliphatic heterocycles. The van der Waals surface area contributed by atoms with Crippen LogP contribution in [0.3, 0.4) is 0 Å². The molecule has 2 aromatic heterocycles. The number of fused-ring (bicyclic) bond motifs is 1. The highest BCUT2D eigenvalue weighted by molar-refractivity contribution is 5.71. The van der Waals surface area contributed by atoms with Crippen molar-refractivity contribution in [3.63, 3.8) is 0 Å². The molecule has 0 unspecified atom stereocenters. The molecule has 126 valence electrons. The summed E-state index contributed by atoms with van der Waals surface area (Å²) < 4.78 is 36.0. The Kier molecular flexibility index (Phi) is 3.22.